The average molecular weight is 298 g/mol. The van der Waals surface area contributed by atoms with Gasteiger partial charge in [0.2, 0.25) is 0 Å². The summed E-state index contributed by atoms with van der Waals surface area (Å²) < 4.78 is 0. The van der Waals surface area contributed by atoms with Crippen molar-refractivity contribution in [2.45, 2.75) is 0 Å². The van der Waals surface area contributed by atoms with Crippen LogP contribution in [0.4, 0.5) is 5.69 Å². The first kappa shape index (κ1) is 15.1. The molecule has 20 heavy (non-hydrogen) atoms. The third-order valence-corrected chi connectivity index (χ3v) is 3.74. The van der Waals surface area contributed by atoms with Gasteiger partial charge >= 0.3 is 0 Å². The number of benzene rings is 1. The first-order valence-corrected chi connectivity index (χ1v) is 7.13. The molecule has 0 spiro atoms. The number of halogens is 1. The number of nitrogens with zero attached hydrogens (tertiary/aromatic N) is 2. The maximum atomic E-state index is 12.1. The monoisotopic (exact) mass is 297 g/mol. The van der Waals surface area contributed by atoms with Gasteiger partial charge in [0.1, 0.15) is 0 Å². The van der Waals surface area contributed by atoms with Crippen LogP contribution in [0, 0.1) is 0 Å². The molecule has 6 heteroatoms. The van der Waals surface area contributed by atoms with E-state index >= 15 is 0 Å². The summed E-state index contributed by atoms with van der Waals surface area (Å²) >= 11 is 6.31. The zero-order valence-corrected chi connectivity index (χ0v) is 12.4. The summed E-state index contributed by atoms with van der Waals surface area (Å²) in [7, 11) is 1.66. The number of rotatable bonds is 4. The lowest BCUT2D eigenvalue weighted by Crippen LogP contribution is -2.43. The van der Waals surface area contributed by atoms with Gasteiger partial charge in [-0.2, -0.15) is 0 Å². The molecule has 1 saturated heterocycles. The number of nitrogens with one attached hydrogen (secondary N) is 1. The number of carbonyl (C=O) groups is 1. The molecule has 0 saturated carbocycles. The van der Waals surface area contributed by atoms with Gasteiger partial charge in [0.15, 0.2) is 0 Å². The van der Waals surface area contributed by atoms with Crippen LogP contribution in [0.1, 0.15) is 10.4 Å². The molecule has 2 rings (SSSR count). The van der Waals surface area contributed by atoms with Gasteiger partial charge in [-0.25, -0.2) is 0 Å². The third-order valence-electron chi connectivity index (χ3n) is 3.43. The molecule has 1 heterocycles. The SMILES string of the molecule is CN(CCO)C(=O)c1ccc(N2CCNCC2)c(Cl)c1. The maximum absolute atomic E-state index is 12.1. The van der Waals surface area contributed by atoms with Crippen LogP contribution in [-0.2, 0) is 0 Å². The van der Waals surface area contributed by atoms with E-state index in [9.17, 15) is 4.79 Å². The Balaban J connectivity index is 2.14. The van der Waals surface area contributed by atoms with Crippen LogP contribution in [0.2, 0.25) is 5.02 Å². The van der Waals surface area contributed by atoms with Gasteiger partial charge < -0.3 is 20.2 Å². The van der Waals surface area contributed by atoms with E-state index in [1.165, 1.54) is 4.90 Å². The molecule has 1 aromatic carbocycles. The predicted octanol–water partition coefficient (Wildman–Crippen LogP) is 0.814. The lowest BCUT2D eigenvalue weighted by Gasteiger charge is -2.30. The Morgan fingerprint density at radius 3 is 2.75 bits per heavy atom. The van der Waals surface area contributed by atoms with Crippen LogP contribution in [-0.4, -0.2) is 62.3 Å². The van der Waals surface area contributed by atoms with Gasteiger partial charge in [0.25, 0.3) is 5.91 Å². The second-order valence-electron chi connectivity index (χ2n) is 4.85. The minimum atomic E-state index is -0.132. The average Bonchev–Trinajstić information content (AvgIpc) is 2.47. The van der Waals surface area contributed by atoms with E-state index in [4.69, 9.17) is 16.7 Å². The van der Waals surface area contributed by atoms with E-state index < -0.39 is 0 Å². The summed E-state index contributed by atoms with van der Waals surface area (Å²) in [6.45, 7) is 3.98. The number of aliphatic hydroxyl groups is 1. The van der Waals surface area contributed by atoms with Gasteiger partial charge in [0, 0.05) is 45.3 Å². The Morgan fingerprint density at radius 2 is 2.15 bits per heavy atom. The highest BCUT2D eigenvalue weighted by Crippen LogP contribution is 2.27. The molecule has 0 aliphatic carbocycles. The standard InChI is InChI=1S/C14H20ClN3O2/c1-17(8-9-19)14(20)11-2-3-13(12(15)10-11)18-6-4-16-5-7-18/h2-3,10,16,19H,4-9H2,1H3. The molecule has 1 amide bonds. The van der Waals surface area contributed by atoms with E-state index in [-0.39, 0.29) is 12.5 Å². The van der Waals surface area contributed by atoms with E-state index in [1.54, 1.807) is 19.2 Å². The molecule has 0 atom stereocenters. The second kappa shape index (κ2) is 6.92. The van der Waals surface area contributed by atoms with Gasteiger partial charge in [-0.15, -0.1) is 0 Å². The van der Waals surface area contributed by atoms with Gasteiger partial charge in [-0.1, -0.05) is 11.6 Å². The van der Waals surface area contributed by atoms with Crippen LogP contribution in [0.15, 0.2) is 18.2 Å². The molecule has 5 nitrogen and oxygen atoms in total. The second-order valence-corrected chi connectivity index (χ2v) is 5.26. The van der Waals surface area contributed by atoms with Crippen molar-refractivity contribution in [3.8, 4) is 0 Å². The van der Waals surface area contributed by atoms with Crippen LogP contribution < -0.4 is 10.2 Å². The highest BCUT2D eigenvalue weighted by atomic mass is 35.5. The Labute approximate surface area is 124 Å². The molecule has 2 N–H and O–H groups in total. The number of piperazine rings is 1. The Hall–Kier alpha value is -1.30. The number of hydrogen-bond acceptors (Lipinski definition) is 4. The van der Waals surface area contributed by atoms with E-state index in [1.807, 2.05) is 6.07 Å². The predicted molar refractivity (Wildman–Crippen MR) is 80.6 cm³/mol. The van der Waals surface area contributed by atoms with Crippen molar-refractivity contribution in [3.05, 3.63) is 28.8 Å². The zero-order valence-electron chi connectivity index (χ0n) is 11.6. The van der Waals surface area contributed by atoms with E-state index in [2.05, 4.69) is 10.2 Å². The summed E-state index contributed by atoms with van der Waals surface area (Å²) in [5.74, 6) is -0.132. The van der Waals surface area contributed by atoms with Gasteiger partial charge in [-0.05, 0) is 18.2 Å². The van der Waals surface area contributed by atoms with Crippen LogP contribution in [0.25, 0.3) is 0 Å². The number of aliphatic hydroxyl groups excluding tert-OH is 1. The minimum Gasteiger partial charge on any atom is -0.395 e. The molecule has 0 unspecified atom stereocenters. The van der Waals surface area contributed by atoms with Gasteiger partial charge in [-0.3, -0.25) is 4.79 Å². The van der Waals surface area contributed by atoms with E-state index in [0.29, 0.717) is 17.1 Å². The molecule has 0 aromatic heterocycles. The van der Waals surface area contributed by atoms with Crippen molar-refractivity contribution in [3.63, 3.8) is 0 Å². The Kier molecular flexibility index (Phi) is 5.23. The topological polar surface area (TPSA) is 55.8 Å². The van der Waals surface area contributed by atoms with Crippen molar-refractivity contribution in [2.75, 3.05) is 51.3 Å². The highest BCUT2D eigenvalue weighted by molar-refractivity contribution is 6.33. The fourth-order valence-electron chi connectivity index (χ4n) is 2.27. The highest BCUT2D eigenvalue weighted by Gasteiger charge is 2.17. The van der Waals surface area contributed by atoms with Crippen LogP contribution in [0.3, 0.4) is 0 Å². The first-order valence-electron chi connectivity index (χ1n) is 6.75. The molecule has 1 fully saturated rings. The van der Waals surface area contributed by atoms with Crippen molar-refractivity contribution >= 4 is 23.2 Å². The number of hydrogen-bond donors (Lipinski definition) is 2. The summed E-state index contributed by atoms with van der Waals surface area (Å²) in [4.78, 5) is 15.8. The summed E-state index contributed by atoms with van der Waals surface area (Å²) in [5.41, 5.74) is 1.51. The number of anilines is 1. The lowest BCUT2D eigenvalue weighted by molar-refractivity contribution is 0.0767. The summed E-state index contributed by atoms with van der Waals surface area (Å²) in [5, 5.41) is 12.8. The van der Waals surface area contributed by atoms with Crippen LogP contribution >= 0.6 is 11.6 Å². The van der Waals surface area contributed by atoms with E-state index in [0.717, 1.165) is 31.9 Å². The molecule has 1 aliphatic rings. The Morgan fingerprint density at radius 1 is 1.45 bits per heavy atom. The van der Waals surface area contributed by atoms with Crippen molar-refractivity contribution in [1.29, 1.82) is 0 Å². The fourth-order valence-corrected chi connectivity index (χ4v) is 2.57. The summed E-state index contributed by atoms with van der Waals surface area (Å²) in [6.07, 6.45) is 0. The normalized spacial score (nSPS) is 15.2. The molecule has 0 bridgehead atoms. The molecule has 1 aliphatic heterocycles. The van der Waals surface area contributed by atoms with Gasteiger partial charge in [0.05, 0.1) is 17.3 Å². The largest absolute Gasteiger partial charge is 0.395 e. The third kappa shape index (κ3) is 3.42. The lowest BCUT2D eigenvalue weighted by atomic mass is 10.1. The number of amides is 1. The first-order chi connectivity index (χ1) is 9.63. The zero-order chi connectivity index (χ0) is 14.5. The Bertz CT molecular complexity index is 475. The van der Waals surface area contributed by atoms with Crippen LogP contribution in [0.5, 0.6) is 0 Å². The summed E-state index contributed by atoms with van der Waals surface area (Å²) in [6, 6.07) is 5.39. The smallest absolute Gasteiger partial charge is 0.253 e. The molecular weight excluding hydrogens is 278 g/mol. The maximum Gasteiger partial charge on any atom is 0.253 e. The number of carbonyl (C=O) groups excluding carboxylic acids is 1. The van der Waals surface area contributed by atoms with Crippen molar-refractivity contribution < 1.29 is 9.90 Å². The van der Waals surface area contributed by atoms with Crippen molar-refractivity contribution in [2.24, 2.45) is 0 Å². The fraction of sp³-hybridized carbons (Fsp3) is 0.500. The van der Waals surface area contributed by atoms with Crippen molar-refractivity contribution in [1.82, 2.24) is 10.2 Å². The quantitative estimate of drug-likeness (QED) is 0.864. The molecule has 110 valence electrons. The molecule has 1 aromatic rings. The number of likely N-dealkylation sites (N-methyl/N-ethyl adjacent to an activating group) is 1. The molecule has 0 radical (unpaired) electrons. The molecular formula is C14H20ClN3O2. The minimum absolute atomic E-state index is 0.0468.